The number of esters is 1. The molecule has 2 aliphatic rings. The fraction of sp³-hybridized carbons (Fsp3) is 0.167. The molecular formula is C24H19NO7. The Bertz CT molecular complexity index is 1240. The Morgan fingerprint density at radius 2 is 1.75 bits per heavy atom. The van der Waals surface area contributed by atoms with Crippen molar-refractivity contribution in [3.05, 3.63) is 82.9 Å². The van der Waals surface area contributed by atoms with Gasteiger partial charge in [-0.3, -0.25) is 4.79 Å². The summed E-state index contributed by atoms with van der Waals surface area (Å²) in [6.07, 6.45) is 0. The number of carbonyl (C=O) groups excluding carboxylic acids is 2. The standard InChI is InChI=1S/C24H19NO7/c1-30-22(27)15-8-6-14(7-9-15)12-25-18-5-3-2-4-16(18)24(29,23(25)28)17-10-20-21(11-19(17)26)32-13-31-20/h2-11,26,29H,12-13H2,1H3. The van der Waals surface area contributed by atoms with Gasteiger partial charge >= 0.3 is 5.97 Å². The van der Waals surface area contributed by atoms with Crippen molar-refractivity contribution in [3.8, 4) is 17.2 Å². The maximum Gasteiger partial charge on any atom is 0.337 e. The fourth-order valence-electron chi connectivity index (χ4n) is 4.12. The number of ether oxygens (including phenoxy) is 3. The van der Waals surface area contributed by atoms with E-state index >= 15 is 0 Å². The van der Waals surface area contributed by atoms with E-state index in [0.29, 0.717) is 28.3 Å². The Morgan fingerprint density at radius 3 is 2.47 bits per heavy atom. The highest BCUT2D eigenvalue weighted by molar-refractivity contribution is 6.09. The smallest absolute Gasteiger partial charge is 0.337 e. The molecule has 0 fully saturated rings. The molecule has 1 amide bonds. The number of hydrogen-bond donors (Lipinski definition) is 2. The van der Waals surface area contributed by atoms with Crippen molar-refractivity contribution >= 4 is 17.6 Å². The van der Waals surface area contributed by atoms with Gasteiger partial charge in [-0.1, -0.05) is 30.3 Å². The number of fused-ring (bicyclic) bond motifs is 2. The zero-order chi connectivity index (χ0) is 22.5. The van der Waals surface area contributed by atoms with E-state index in [4.69, 9.17) is 14.2 Å². The number of hydrogen-bond acceptors (Lipinski definition) is 7. The van der Waals surface area contributed by atoms with Crippen LogP contribution in [0.3, 0.4) is 0 Å². The van der Waals surface area contributed by atoms with Crippen LogP contribution < -0.4 is 14.4 Å². The minimum Gasteiger partial charge on any atom is -0.507 e. The summed E-state index contributed by atoms with van der Waals surface area (Å²) < 4.78 is 15.4. The van der Waals surface area contributed by atoms with Crippen molar-refractivity contribution in [2.45, 2.75) is 12.1 Å². The van der Waals surface area contributed by atoms with E-state index in [1.54, 1.807) is 48.5 Å². The van der Waals surface area contributed by atoms with Gasteiger partial charge in [-0.15, -0.1) is 0 Å². The van der Waals surface area contributed by atoms with Gasteiger partial charge in [0.05, 0.1) is 24.9 Å². The molecule has 1 atom stereocenters. The topological polar surface area (TPSA) is 106 Å². The normalized spacial score (nSPS) is 18.6. The molecule has 0 aliphatic carbocycles. The number of rotatable bonds is 4. The minimum atomic E-state index is -2.10. The van der Waals surface area contributed by atoms with Crippen LogP contribution in [0.15, 0.2) is 60.7 Å². The SMILES string of the molecule is COC(=O)c1ccc(CN2C(=O)C(O)(c3cc4c(cc3O)OCO4)c3ccccc32)cc1. The lowest BCUT2D eigenvalue weighted by molar-refractivity contribution is -0.132. The van der Waals surface area contributed by atoms with Gasteiger partial charge < -0.3 is 29.3 Å². The number of methoxy groups -OCH3 is 1. The molecule has 5 rings (SSSR count). The molecule has 0 radical (unpaired) electrons. The molecule has 2 N–H and O–H groups in total. The third kappa shape index (κ3) is 2.88. The summed E-state index contributed by atoms with van der Waals surface area (Å²) in [4.78, 5) is 26.7. The summed E-state index contributed by atoms with van der Waals surface area (Å²) in [6, 6.07) is 16.3. The van der Waals surface area contributed by atoms with Crippen LogP contribution in [-0.2, 0) is 21.7 Å². The lowest BCUT2D eigenvalue weighted by atomic mass is 9.86. The van der Waals surface area contributed by atoms with Gasteiger partial charge in [-0.25, -0.2) is 4.79 Å². The summed E-state index contributed by atoms with van der Waals surface area (Å²) in [5, 5.41) is 22.3. The maximum absolute atomic E-state index is 13.6. The summed E-state index contributed by atoms with van der Waals surface area (Å²) in [6.45, 7) is 0.153. The number of para-hydroxylation sites is 1. The van der Waals surface area contributed by atoms with Gasteiger partial charge in [0.15, 0.2) is 11.5 Å². The average Bonchev–Trinajstić information content (AvgIpc) is 3.35. The van der Waals surface area contributed by atoms with Crippen molar-refractivity contribution < 1.29 is 34.0 Å². The summed E-state index contributed by atoms with van der Waals surface area (Å²) in [5.41, 5.74) is -0.0681. The molecule has 8 nitrogen and oxygen atoms in total. The zero-order valence-electron chi connectivity index (χ0n) is 17.1. The summed E-state index contributed by atoms with van der Waals surface area (Å²) in [7, 11) is 1.31. The minimum absolute atomic E-state index is 0.00508. The molecule has 32 heavy (non-hydrogen) atoms. The monoisotopic (exact) mass is 433 g/mol. The van der Waals surface area contributed by atoms with E-state index < -0.39 is 17.5 Å². The fourth-order valence-corrected chi connectivity index (χ4v) is 4.12. The van der Waals surface area contributed by atoms with Crippen LogP contribution in [0.1, 0.15) is 27.0 Å². The molecule has 3 aromatic carbocycles. The second-order valence-corrected chi connectivity index (χ2v) is 7.53. The number of phenols is 1. The van der Waals surface area contributed by atoms with E-state index in [9.17, 15) is 19.8 Å². The van der Waals surface area contributed by atoms with Crippen molar-refractivity contribution in [3.63, 3.8) is 0 Å². The van der Waals surface area contributed by atoms with E-state index in [2.05, 4.69) is 0 Å². The van der Waals surface area contributed by atoms with Gasteiger partial charge in [0.1, 0.15) is 5.75 Å². The van der Waals surface area contributed by atoms with Crippen LogP contribution in [0, 0.1) is 0 Å². The maximum atomic E-state index is 13.6. The largest absolute Gasteiger partial charge is 0.507 e. The van der Waals surface area contributed by atoms with Crippen molar-refractivity contribution in [1.82, 2.24) is 0 Å². The lowest BCUT2D eigenvalue weighted by Gasteiger charge is -2.25. The first-order valence-electron chi connectivity index (χ1n) is 9.87. The molecule has 0 saturated heterocycles. The van der Waals surface area contributed by atoms with Crippen LogP contribution in [-0.4, -0.2) is 36.0 Å². The van der Waals surface area contributed by atoms with E-state index in [1.807, 2.05) is 0 Å². The summed E-state index contributed by atoms with van der Waals surface area (Å²) >= 11 is 0. The molecule has 0 spiro atoms. The lowest BCUT2D eigenvalue weighted by Crippen LogP contribution is -2.41. The number of benzene rings is 3. The Balaban J connectivity index is 1.55. The molecule has 162 valence electrons. The van der Waals surface area contributed by atoms with Crippen LogP contribution in [0.5, 0.6) is 17.2 Å². The van der Waals surface area contributed by atoms with Crippen LogP contribution >= 0.6 is 0 Å². The zero-order valence-corrected chi connectivity index (χ0v) is 17.1. The Kier molecular flexibility index (Phi) is 4.53. The number of aromatic hydroxyl groups is 1. The van der Waals surface area contributed by atoms with Crippen LogP contribution in [0.25, 0.3) is 0 Å². The highest BCUT2D eigenvalue weighted by Crippen LogP contribution is 2.50. The molecular weight excluding hydrogens is 414 g/mol. The number of phenolic OH excluding ortho intramolecular Hbond substituents is 1. The highest BCUT2D eigenvalue weighted by Gasteiger charge is 2.52. The quantitative estimate of drug-likeness (QED) is 0.610. The molecule has 0 aromatic heterocycles. The first kappa shape index (κ1) is 19.9. The van der Waals surface area contributed by atoms with Gasteiger partial charge in [0.2, 0.25) is 12.4 Å². The van der Waals surface area contributed by atoms with Crippen molar-refractivity contribution in [1.29, 1.82) is 0 Å². The third-order valence-electron chi connectivity index (χ3n) is 5.74. The molecule has 3 aromatic rings. The van der Waals surface area contributed by atoms with Crippen LogP contribution in [0.4, 0.5) is 5.69 Å². The number of anilines is 1. The molecule has 2 aliphatic heterocycles. The molecule has 8 heteroatoms. The predicted molar refractivity (Wildman–Crippen MR) is 113 cm³/mol. The Labute approximate surface area is 183 Å². The van der Waals surface area contributed by atoms with E-state index in [1.165, 1.54) is 24.1 Å². The second kappa shape index (κ2) is 7.28. The second-order valence-electron chi connectivity index (χ2n) is 7.53. The number of carbonyl (C=O) groups is 2. The van der Waals surface area contributed by atoms with Crippen molar-refractivity contribution in [2.24, 2.45) is 0 Å². The van der Waals surface area contributed by atoms with Gasteiger partial charge in [0.25, 0.3) is 5.91 Å². The first-order chi connectivity index (χ1) is 15.4. The number of nitrogens with zero attached hydrogens (tertiary/aromatic N) is 1. The van der Waals surface area contributed by atoms with Gasteiger partial charge in [-0.2, -0.15) is 0 Å². The van der Waals surface area contributed by atoms with Gasteiger partial charge in [0, 0.05) is 17.2 Å². The van der Waals surface area contributed by atoms with Gasteiger partial charge in [-0.05, 0) is 29.8 Å². The molecule has 2 heterocycles. The molecule has 0 bridgehead atoms. The Hall–Kier alpha value is -4.04. The Morgan fingerprint density at radius 1 is 1.06 bits per heavy atom. The number of aliphatic hydroxyl groups is 1. The molecule has 0 saturated carbocycles. The van der Waals surface area contributed by atoms with Crippen LogP contribution in [0.2, 0.25) is 0 Å². The predicted octanol–water partition coefficient (Wildman–Crippen LogP) is 2.69. The third-order valence-corrected chi connectivity index (χ3v) is 5.74. The average molecular weight is 433 g/mol. The van der Waals surface area contributed by atoms with Crippen molar-refractivity contribution in [2.75, 3.05) is 18.8 Å². The first-order valence-corrected chi connectivity index (χ1v) is 9.87. The summed E-state index contributed by atoms with van der Waals surface area (Å²) in [5.74, 6) is -0.648. The number of amides is 1. The molecule has 1 unspecified atom stereocenters. The highest BCUT2D eigenvalue weighted by atomic mass is 16.7. The van der Waals surface area contributed by atoms with E-state index in [0.717, 1.165) is 5.56 Å². The van der Waals surface area contributed by atoms with E-state index in [-0.39, 0.29) is 24.7 Å².